The van der Waals surface area contributed by atoms with Gasteiger partial charge in [-0.25, -0.2) is 0 Å². The Morgan fingerprint density at radius 2 is 1.79 bits per heavy atom. The van der Waals surface area contributed by atoms with Crippen LogP contribution in [0.1, 0.15) is 23.6 Å². The van der Waals surface area contributed by atoms with E-state index in [2.05, 4.69) is 5.32 Å². The number of hydrogen-bond acceptors (Lipinski definition) is 8. The lowest BCUT2D eigenvalue weighted by molar-refractivity contribution is -0.139. The average molecular weight is 554 g/mol. The lowest BCUT2D eigenvalue weighted by Gasteiger charge is -2.28. The number of morpholine rings is 1. The Balaban J connectivity index is 1.40. The van der Waals surface area contributed by atoms with E-state index in [1.165, 1.54) is 0 Å². The molecule has 1 N–H and O–H groups in total. The minimum Gasteiger partial charge on any atom is -0.490 e. The smallest absolute Gasteiger partial charge is 0.294 e. The zero-order chi connectivity index (χ0) is 27.9. The van der Waals surface area contributed by atoms with Crippen molar-refractivity contribution in [3.05, 3.63) is 58.0 Å². The van der Waals surface area contributed by atoms with Crippen LogP contribution in [0, 0.1) is 13.8 Å². The van der Waals surface area contributed by atoms with Gasteiger partial charge in [0, 0.05) is 18.8 Å². The largest absolute Gasteiger partial charge is 0.490 e. The fourth-order valence-electron chi connectivity index (χ4n) is 4.00. The fraction of sp³-hybridized carbons (Fsp3) is 0.357. The number of carbonyl (C=O) groups is 4. The molecule has 10 nitrogen and oxygen atoms in total. The van der Waals surface area contributed by atoms with Crippen molar-refractivity contribution in [3.63, 3.8) is 0 Å². The van der Waals surface area contributed by atoms with Gasteiger partial charge in [0.15, 0.2) is 18.1 Å². The fourth-order valence-corrected chi connectivity index (χ4v) is 4.84. The standard InChI is InChI=1S/C28H31N3O7S/c1-4-37-23-14-20(6-8-22(23)38-17-25(32)29-21-7-5-18(2)19(3)13-21)15-24-27(34)31(28(35)39-24)16-26(33)30-9-11-36-12-10-30/h5-8,13-15H,4,9-12,16-17H2,1-3H3,(H,29,32)/b24-15+. The summed E-state index contributed by atoms with van der Waals surface area (Å²) in [6.45, 7) is 7.38. The normalized spacial score (nSPS) is 16.5. The quantitative estimate of drug-likeness (QED) is 0.469. The second-order valence-corrected chi connectivity index (χ2v) is 10.0. The highest BCUT2D eigenvalue weighted by Gasteiger charge is 2.37. The topological polar surface area (TPSA) is 114 Å². The van der Waals surface area contributed by atoms with Crippen LogP contribution in [0.2, 0.25) is 0 Å². The minimum absolute atomic E-state index is 0.207. The maximum absolute atomic E-state index is 12.9. The highest BCUT2D eigenvalue weighted by Crippen LogP contribution is 2.34. The summed E-state index contributed by atoms with van der Waals surface area (Å²) in [4.78, 5) is 53.1. The van der Waals surface area contributed by atoms with Gasteiger partial charge in [-0.3, -0.25) is 24.1 Å². The van der Waals surface area contributed by atoms with Crippen LogP contribution in [0.25, 0.3) is 6.08 Å². The van der Waals surface area contributed by atoms with Crippen molar-refractivity contribution in [1.29, 1.82) is 0 Å². The lowest BCUT2D eigenvalue weighted by atomic mass is 10.1. The molecule has 2 heterocycles. The summed E-state index contributed by atoms with van der Waals surface area (Å²) in [6, 6.07) is 10.7. The van der Waals surface area contributed by atoms with Crippen molar-refractivity contribution in [2.24, 2.45) is 0 Å². The molecule has 11 heteroatoms. The molecule has 0 saturated carbocycles. The molecule has 2 fully saturated rings. The summed E-state index contributed by atoms with van der Waals surface area (Å²) < 4.78 is 16.7. The molecule has 0 aliphatic carbocycles. The predicted octanol–water partition coefficient (Wildman–Crippen LogP) is 3.61. The Morgan fingerprint density at radius 1 is 1.03 bits per heavy atom. The van der Waals surface area contributed by atoms with E-state index in [-0.39, 0.29) is 29.9 Å². The maximum Gasteiger partial charge on any atom is 0.294 e. The number of amides is 4. The van der Waals surface area contributed by atoms with Crippen LogP contribution in [-0.2, 0) is 19.1 Å². The molecule has 0 unspecified atom stereocenters. The molecule has 2 aliphatic rings. The number of nitrogens with zero attached hydrogens (tertiary/aromatic N) is 2. The van der Waals surface area contributed by atoms with Crippen molar-refractivity contribution in [2.75, 3.05) is 51.4 Å². The number of ether oxygens (including phenoxy) is 3. The highest BCUT2D eigenvalue weighted by atomic mass is 32.2. The van der Waals surface area contributed by atoms with Crippen molar-refractivity contribution < 1.29 is 33.4 Å². The zero-order valence-corrected chi connectivity index (χ0v) is 23.0. The molecule has 39 heavy (non-hydrogen) atoms. The first-order chi connectivity index (χ1) is 18.7. The predicted molar refractivity (Wildman–Crippen MR) is 148 cm³/mol. The van der Waals surface area contributed by atoms with Gasteiger partial charge in [-0.15, -0.1) is 0 Å². The van der Waals surface area contributed by atoms with Gasteiger partial charge in [-0.05, 0) is 79.6 Å². The number of benzene rings is 2. The van der Waals surface area contributed by atoms with Crippen LogP contribution in [0.3, 0.4) is 0 Å². The summed E-state index contributed by atoms with van der Waals surface area (Å²) in [6.07, 6.45) is 1.57. The molecular formula is C28H31N3O7S. The molecule has 206 valence electrons. The summed E-state index contributed by atoms with van der Waals surface area (Å²) >= 11 is 0.784. The SMILES string of the molecule is CCOc1cc(/C=C2/SC(=O)N(CC(=O)N3CCOCC3)C2=O)ccc1OCC(=O)Nc1ccc(C)c(C)c1. The highest BCUT2D eigenvalue weighted by molar-refractivity contribution is 8.18. The average Bonchev–Trinajstić information content (AvgIpc) is 3.18. The number of nitrogens with one attached hydrogen (secondary N) is 1. The van der Waals surface area contributed by atoms with Gasteiger partial charge in [0.2, 0.25) is 5.91 Å². The van der Waals surface area contributed by atoms with E-state index in [1.54, 1.807) is 29.2 Å². The van der Waals surface area contributed by atoms with E-state index in [4.69, 9.17) is 14.2 Å². The van der Waals surface area contributed by atoms with Gasteiger partial charge in [0.05, 0.1) is 24.7 Å². The van der Waals surface area contributed by atoms with Crippen molar-refractivity contribution in [3.8, 4) is 11.5 Å². The molecule has 2 aliphatic heterocycles. The molecular weight excluding hydrogens is 522 g/mol. The number of aryl methyl sites for hydroxylation is 2. The van der Waals surface area contributed by atoms with E-state index in [0.29, 0.717) is 55.7 Å². The van der Waals surface area contributed by atoms with E-state index in [0.717, 1.165) is 27.8 Å². The van der Waals surface area contributed by atoms with Crippen molar-refractivity contribution >= 4 is 46.5 Å². The van der Waals surface area contributed by atoms with Gasteiger partial charge in [-0.2, -0.15) is 0 Å². The summed E-state index contributed by atoms with van der Waals surface area (Å²) in [7, 11) is 0. The summed E-state index contributed by atoms with van der Waals surface area (Å²) in [5, 5.41) is 2.32. The number of thioether (sulfide) groups is 1. The van der Waals surface area contributed by atoms with Crippen LogP contribution < -0.4 is 14.8 Å². The lowest BCUT2D eigenvalue weighted by Crippen LogP contribution is -2.46. The molecule has 0 atom stereocenters. The molecule has 0 spiro atoms. The minimum atomic E-state index is -0.520. The van der Waals surface area contributed by atoms with Crippen LogP contribution in [-0.4, -0.2) is 78.8 Å². The summed E-state index contributed by atoms with van der Waals surface area (Å²) in [5.74, 6) is -0.359. The van der Waals surface area contributed by atoms with Gasteiger partial charge >= 0.3 is 0 Å². The molecule has 4 amide bonds. The molecule has 2 aromatic carbocycles. The van der Waals surface area contributed by atoms with Crippen molar-refractivity contribution in [2.45, 2.75) is 20.8 Å². The Kier molecular flexibility index (Phi) is 9.26. The zero-order valence-electron chi connectivity index (χ0n) is 22.2. The maximum atomic E-state index is 12.9. The third-order valence-electron chi connectivity index (χ3n) is 6.25. The second-order valence-electron chi connectivity index (χ2n) is 9.04. The molecule has 4 rings (SSSR count). The van der Waals surface area contributed by atoms with Crippen molar-refractivity contribution in [1.82, 2.24) is 9.80 Å². The molecule has 0 bridgehead atoms. The Morgan fingerprint density at radius 3 is 2.51 bits per heavy atom. The number of imide groups is 1. The molecule has 0 radical (unpaired) electrons. The first kappa shape index (κ1) is 28.2. The first-order valence-corrected chi connectivity index (χ1v) is 13.4. The van der Waals surface area contributed by atoms with Gasteiger partial charge < -0.3 is 24.4 Å². The van der Waals surface area contributed by atoms with Gasteiger partial charge in [0.25, 0.3) is 17.1 Å². The van der Waals surface area contributed by atoms with E-state index in [1.807, 2.05) is 39.0 Å². The van der Waals surface area contributed by atoms with Crippen LogP contribution >= 0.6 is 11.8 Å². The summed E-state index contributed by atoms with van der Waals surface area (Å²) in [5.41, 5.74) is 3.50. The van der Waals surface area contributed by atoms with Crippen LogP contribution in [0.15, 0.2) is 41.3 Å². The van der Waals surface area contributed by atoms with Crippen LogP contribution in [0.4, 0.5) is 10.5 Å². The Bertz CT molecular complexity index is 1300. The third kappa shape index (κ3) is 7.18. The van der Waals surface area contributed by atoms with Gasteiger partial charge in [-0.1, -0.05) is 12.1 Å². The van der Waals surface area contributed by atoms with E-state index in [9.17, 15) is 19.2 Å². The molecule has 0 aromatic heterocycles. The Hall–Kier alpha value is -3.83. The number of hydrogen-bond donors (Lipinski definition) is 1. The van der Waals surface area contributed by atoms with Crippen LogP contribution in [0.5, 0.6) is 11.5 Å². The number of anilines is 1. The monoisotopic (exact) mass is 553 g/mol. The van der Waals surface area contributed by atoms with Gasteiger partial charge in [0.1, 0.15) is 6.54 Å². The molecule has 2 aromatic rings. The number of rotatable bonds is 9. The first-order valence-electron chi connectivity index (χ1n) is 12.6. The van der Waals surface area contributed by atoms with E-state index < -0.39 is 11.1 Å². The third-order valence-corrected chi connectivity index (χ3v) is 7.15. The van der Waals surface area contributed by atoms with E-state index >= 15 is 0 Å². The number of carbonyl (C=O) groups excluding carboxylic acids is 4. The Labute approximate surface area is 231 Å². The second kappa shape index (κ2) is 12.8. The molecule has 2 saturated heterocycles.